The topological polar surface area (TPSA) is 41.1 Å². The second-order valence-corrected chi connectivity index (χ2v) is 8.16. The van der Waals surface area contributed by atoms with Gasteiger partial charge in [-0.15, -0.1) is 0 Å². The molecule has 1 aromatic rings. The van der Waals surface area contributed by atoms with Gasteiger partial charge in [-0.1, -0.05) is 115 Å². The Morgan fingerprint density at radius 2 is 1.17 bits per heavy atom. The van der Waals surface area contributed by atoms with Gasteiger partial charge < -0.3 is 10.6 Å². The average molecular weight is 407 g/mol. The predicted molar refractivity (Wildman–Crippen MR) is 123 cm³/mol. The van der Waals surface area contributed by atoms with Crippen molar-refractivity contribution in [3.8, 4) is 0 Å². The lowest BCUT2D eigenvalue weighted by Crippen LogP contribution is -2.29. The van der Waals surface area contributed by atoms with E-state index in [4.69, 9.17) is 0 Å². The molecule has 2 N–H and O–H groups in total. The molecule has 0 aliphatic carbocycles. The minimum atomic E-state index is -0.412. The van der Waals surface area contributed by atoms with Crippen molar-refractivity contribution in [2.24, 2.45) is 0 Å². The molecule has 0 bridgehead atoms. The maximum atomic E-state index is 13.5. The number of para-hydroxylation sites is 1. The van der Waals surface area contributed by atoms with Crippen LogP contribution in [0.4, 0.5) is 14.9 Å². The van der Waals surface area contributed by atoms with E-state index in [1.54, 1.807) is 18.2 Å². The highest BCUT2D eigenvalue weighted by molar-refractivity contribution is 5.89. The summed E-state index contributed by atoms with van der Waals surface area (Å²) in [6.07, 6.45) is 21.4. The SMILES string of the molecule is CCCCCCCCCCCCCCCCCCNC(=O)Nc1ccccc1F. The summed E-state index contributed by atoms with van der Waals surface area (Å²) in [4.78, 5) is 11.7. The van der Waals surface area contributed by atoms with Crippen molar-refractivity contribution in [1.82, 2.24) is 5.32 Å². The zero-order chi connectivity index (χ0) is 21.0. The van der Waals surface area contributed by atoms with Gasteiger partial charge in [0.1, 0.15) is 5.82 Å². The zero-order valence-corrected chi connectivity index (χ0v) is 18.6. The fourth-order valence-electron chi connectivity index (χ4n) is 3.60. The summed E-state index contributed by atoms with van der Waals surface area (Å²) < 4.78 is 13.5. The number of amides is 2. The van der Waals surface area contributed by atoms with E-state index in [-0.39, 0.29) is 11.7 Å². The molecule has 0 aliphatic heterocycles. The molecule has 4 heteroatoms. The highest BCUT2D eigenvalue weighted by Crippen LogP contribution is 2.14. The van der Waals surface area contributed by atoms with Gasteiger partial charge in [0, 0.05) is 6.54 Å². The fourth-order valence-corrected chi connectivity index (χ4v) is 3.60. The smallest absolute Gasteiger partial charge is 0.319 e. The number of hydrogen-bond donors (Lipinski definition) is 2. The van der Waals surface area contributed by atoms with Crippen LogP contribution in [0.1, 0.15) is 110 Å². The van der Waals surface area contributed by atoms with Crippen LogP contribution in [0.5, 0.6) is 0 Å². The quantitative estimate of drug-likeness (QED) is 0.237. The molecule has 0 aromatic heterocycles. The maximum absolute atomic E-state index is 13.5. The largest absolute Gasteiger partial charge is 0.338 e. The van der Waals surface area contributed by atoms with Gasteiger partial charge in [0.05, 0.1) is 5.69 Å². The molecule has 2 amide bonds. The molecule has 166 valence electrons. The number of anilines is 1. The Hall–Kier alpha value is -1.58. The minimum absolute atomic E-state index is 0.219. The lowest BCUT2D eigenvalue weighted by molar-refractivity contribution is 0.251. The normalized spacial score (nSPS) is 10.8. The molecular formula is C25H43FN2O. The van der Waals surface area contributed by atoms with Crippen molar-refractivity contribution in [2.45, 2.75) is 110 Å². The molecule has 0 aliphatic rings. The summed E-state index contributed by atoms with van der Waals surface area (Å²) >= 11 is 0. The lowest BCUT2D eigenvalue weighted by atomic mass is 10.0. The second kappa shape index (κ2) is 18.4. The Morgan fingerprint density at radius 3 is 1.66 bits per heavy atom. The molecule has 0 spiro atoms. The van der Waals surface area contributed by atoms with E-state index in [2.05, 4.69) is 17.6 Å². The molecule has 0 heterocycles. The lowest BCUT2D eigenvalue weighted by Gasteiger charge is -2.08. The van der Waals surface area contributed by atoms with Crippen LogP contribution in [-0.4, -0.2) is 12.6 Å². The molecule has 1 aromatic carbocycles. The predicted octanol–water partition coefficient (Wildman–Crippen LogP) is 8.21. The highest BCUT2D eigenvalue weighted by atomic mass is 19.1. The van der Waals surface area contributed by atoms with E-state index < -0.39 is 5.82 Å². The van der Waals surface area contributed by atoms with E-state index in [0.717, 1.165) is 12.8 Å². The molecule has 29 heavy (non-hydrogen) atoms. The molecule has 0 saturated carbocycles. The standard InChI is InChI=1S/C25H43FN2O/c1-2-3-4-5-6-7-8-9-10-11-12-13-14-15-16-19-22-27-25(29)28-24-21-18-17-20-23(24)26/h17-18,20-21H,2-16,19,22H2,1H3,(H2,27,28,29). The number of carbonyl (C=O) groups is 1. The first-order chi connectivity index (χ1) is 14.2. The number of rotatable bonds is 18. The molecule has 1 rings (SSSR count). The third-order valence-corrected chi connectivity index (χ3v) is 5.44. The first-order valence-electron chi connectivity index (χ1n) is 12.0. The maximum Gasteiger partial charge on any atom is 0.319 e. The fraction of sp³-hybridized carbons (Fsp3) is 0.720. The number of halogens is 1. The Morgan fingerprint density at radius 1 is 0.724 bits per heavy atom. The molecule has 3 nitrogen and oxygen atoms in total. The summed E-state index contributed by atoms with van der Waals surface area (Å²) in [6, 6.07) is 5.87. The van der Waals surface area contributed by atoms with Crippen molar-refractivity contribution in [3.63, 3.8) is 0 Å². The Labute approximate surface area is 178 Å². The van der Waals surface area contributed by atoms with Gasteiger partial charge >= 0.3 is 6.03 Å². The molecule has 0 fully saturated rings. The Bertz CT molecular complexity index is 521. The first-order valence-corrected chi connectivity index (χ1v) is 12.0. The summed E-state index contributed by atoms with van der Waals surface area (Å²) in [7, 11) is 0. The van der Waals surface area contributed by atoms with Crippen LogP contribution in [0.3, 0.4) is 0 Å². The average Bonchev–Trinajstić information content (AvgIpc) is 2.72. The third kappa shape index (κ3) is 15.0. The van der Waals surface area contributed by atoms with Crippen LogP contribution in [0.15, 0.2) is 24.3 Å². The molecule has 0 saturated heterocycles. The van der Waals surface area contributed by atoms with Gasteiger partial charge in [-0.25, -0.2) is 9.18 Å². The number of urea groups is 1. The van der Waals surface area contributed by atoms with Crippen LogP contribution < -0.4 is 10.6 Å². The monoisotopic (exact) mass is 406 g/mol. The third-order valence-electron chi connectivity index (χ3n) is 5.44. The van der Waals surface area contributed by atoms with Crippen LogP contribution in [0.2, 0.25) is 0 Å². The number of benzene rings is 1. The summed E-state index contributed by atoms with van der Waals surface area (Å²) in [5.41, 5.74) is 0.219. The van der Waals surface area contributed by atoms with Gasteiger partial charge in [-0.2, -0.15) is 0 Å². The summed E-state index contributed by atoms with van der Waals surface area (Å²) in [5.74, 6) is -0.412. The van der Waals surface area contributed by atoms with Crippen molar-refractivity contribution in [2.75, 3.05) is 11.9 Å². The van der Waals surface area contributed by atoms with Crippen molar-refractivity contribution in [3.05, 3.63) is 30.1 Å². The van der Waals surface area contributed by atoms with Gasteiger partial charge in [0.25, 0.3) is 0 Å². The van der Waals surface area contributed by atoms with Crippen molar-refractivity contribution < 1.29 is 9.18 Å². The number of carbonyl (C=O) groups excluding carboxylic acids is 1. The van der Waals surface area contributed by atoms with Crippen LogP contribution in [0, 0.1) is 5.82 Å². The second-order valence-electron chi connectivity index (χ2n) is 8.16. The first kappa shape index (κ1) is 25.5. The van der Waals surface area contributed by atoms with Crippen LogP contribution in [-0.2, 0) is 0 Å². The Kier molecular flexibility index (Phi) is 16.2. The van der Waals surface area contributed by atoms with E-state index in [0.29, 0.717) is 6.54 Å². The van der Waals surface area contributed by atoms with E-state index >= 15 is 0 Å². The van der Waals surface area contributed by atoms with Crippen LogP contribution >= 0.6 is 0 Å². The van der Waals surface area contributed by atoms with E-state index in [1.807, 2.05) is 0 Å². The van der Waals surface area contributed by atoms with Gasteiger partial charge in [0.15, 0.2) is 0 Å². The van der Waals surface area contributed by atoms with E-state index in [1.165, 1.54) is 96.0 Å². The molecule has 0 unspecified atom stereocenters. The van der Waals surface area contributed by atoms with Gasteiger partial charge in [0.2, 0.25) is 0 Å². The van der Waals surface area contributed by atoms with Gasteiger partial charge in [-0.3, -0.25) is 0 Å². The molecular weight excluding hydrogens is 363 g/mol. The Balaban J connectivity index is 1.79. The molecule has 0 atom stereocenters. The summed E-state index contributed by atoms with van der Waals surface area (Å²) in [6.45, 7) is 2.91. The van der Waals surface area contributed by atoms with E-state index in [9.17, 15) is 9.18 Å². The van der Waals surface area contributed by atoms with Crippen molar-refractivity contribution in [1.29, 1.82) is 0 Å². The summed E-state index contributed by atoms with van der Waals surface area (Å²) in [5, 5.41) is 5.33. The number of nitrogens with one attached hydrogen (secondary N) is 2. The highest BCUT2D eigenvalue weighted by Gasteiger charge is 2.04. The van der Waals surface area contributed by atoms with Crippen molar-refractivity contribution >= 4 is 11.7 Å². The minimum Gasteiger partial charge on any atom is -0.338 e. The number of hydrogen-bond acceptors (Lipinski definition) is 1. The van der Waals surface area contributed by atoms with Gasteiger partial charge in [-0.05, 0) is 18.6 Å². The van der Waals surface area contributed by atoms with Crippen LogP contribution in [0.25, 0.3) is 0 Å². The number of unbranched alkanes of at least 4 members (excludes halogenated alkanes) is 15. The zero-order valence-electron chi connectivity index (χ0n) is 18.6. The molecule has 0 radical (unpaired) electrons.